The molecule has 1 aliphatic rings. The maximum atomic E-state index is 13.6. The van der Waals surface area contributed by atoms with Gasteiger partial charge in [-0.05, 0) is 76.5 Å². The second-order valence-corrected chi connectivity index (χ2v) is 10.4. The molecule has 1 aromatic carbocycles. The van der Waals surface area contributed by atoms with Crippen molar-refractivity contribution in [3.05, 3.63) is 50.1 Å². The van der Waals surface area contributed by atoms with Gasteiger partial charge in [0.1, 0.15) is 16.9 Å². The molecule has 0 amide bonds. The number of carbonyl (C=O) groups excluding carboxylic acids is 1. The zero-order valence-electron chi connectivity index (χ0n) is 18.8. The fraction of sp³-hybridized carbons (Fsp3) is 0.458. The van der Waals surface area contributed by atoms with Crippen molar-refractivity contribution in [1.82, 2.24) is 14.5 Å². The van der Waals surface area contributed by atoms with Gasteiger partial charge in [-0.15, -0.1) is 11.3 Å². The Morgan fingerprint density at radius 2 is 2.09 bits per heavy atom. The van der Waals surface area contributed by atoms with Gasteiger partial charge in [0.05, 0.1) is 12.5 Å². The number of aromatic nitrogens is 2. The van der Waals surface area contributed by atoms with Crippen LogP contribution >= 0.6 is 23.1 Å². The van der Waals surface area contributed by atoms with Gasteiger partial charge in [-0.2, -0.15) is 0 Å². The van der Waals surface area contributed by atoms with E-state index < -0.39 is 0 Å². The summed E-state index contributed by atoms with van der Waals surface area (Å²) in [6.45, 7) is 1.55. The van der Waals surface area contributed by atoms with Crippen molar-refractivity contribution in [3.8, 4) is 5.75 Å². The number of aryl methyl sites for hydroxylation is 2. The molecule has 0 atom stereocenters. The second-order valence-electron chi connectivity index (χ2n) is 8.38. The number of nitrogens with zero attached hydrogens (tertiary/aromatic N) is 3. The van der Waals surface area contributed by atoms with Crippen molar-refractivity contribution in [2.45, 2.75) is 49.6 Å². The first kappa shape index (κ1) is 23.0. The van der Waals surface area contributed by atoms with Crippen LogP contribution in [0.3, 0.4) is 0 Å². The van der Waals surface area contributed by atoms with Crippen LogP contribution in [0.5, 0.6) is 5.75 Å². The summed E-state index contributed by atoms with van der Waals surface area (Å²) in [6.07, 6.45) is 6.07. The Hall–Kier alpha value is -2.16. The van der Waals surface area contributed by atoms with Crippen molar-refractivity contribution in [3.63, 3.8) is 0 Å². The lowest BCUT2D eigenvalue weighted by molar-refractivity contribution is 0.112. The molecule has 32 heavy (non-hydrogen) atoms. The van der Waals surface area contributed by atoms with Crippen LogP contribution in [-0.4, -0.2) is 48.5 Å². The Bertz CT molecular complexity index is 1180. The molecule has 0 unspecified atom stereocenters. The number of hydrogen-bond acceptors (Lipinski definition) is 7. The van der Waals surface area contributed by atoms with Crippen molar-refractivity contribution in [2.75, 3.05) is 27.7 Å². The molecule has 6 nitrogen and oxygen atoms in total. The average molecular weight is 472 g/mol. The van der Waals surface area contributed by atoms with Gasteiger partial charge in [0.15, 0.2) is 5.16 Å². The summed E-state index contributed by atoms with van der Waals surface area (Å²) in [5.74, 6) is 1.30. The highest BCUT2D eigenvalue weighted by atomic mass is 32.2. The molecule has 0 fully saturated rings. The van der Waals surface area contributed by atoms with Gasteiger partial charge >= 0.3 is 0 Å². The van der Waals surface area contributed by atoms with E-state index in [4.69, 9.17) is 9.72 Å². The maximum absolute atomic E-state index is 13.6. The van der Waals surface area contributed by atoms with Crippen molar-refractivity contribution in [2.24, 2.45) is 0 Å². The first-order valence-electron chi connectivity index (χ1n) is 11.0. The number of hydrogen-bond donors (Lipinski definition) is 0. The standard InChI is InChI=1S/C24H29N3O3S2/c1-26(2)11-6-12-27-23(29)21-18-7-4-5-8-20(18)32-22(21)25-24(27)31-15-17-13-16(14-28)9-10-19(17)30-3/h9-10,13-14H,4-8,11-12,15H2,1-3H3. The molecule has 2 aromatic heterocycles. The van der Waals surface area contributed by atoms with E-state index in [9.17, 15) is 9.59 Å². The van der Waals surface area contributed by atoms with Gasteiger partial charge in [0, 0.05) is 28.3 Å². The number of carbonyl (C=O) groups is 1. The predicted molar refractivity (Wildman–Crippen MR) is 132 cm³/mol. The van der Waals surface area contributed by atoms with Crippen LogP contribution in [0.4, 0.5) is 0 Å². The zero-order valence-corrected chi connectivity index (χ0v) is 20.5. The summed E-state index contributed by atoms with van der Waals surface area (Å²) >= 11 is 3.22. The van der Waals surface area contributed by atoms with E-state index in [0.717, 1.165) is 65.2 Å². The Kier molecular flexibility index (Phi) is 7.33. The number of fused-ring (bicyclic) bond motifs is 3. The molecule has 0 saturated carbocycles. The Morgan fingerprint density at radius 1 is 1.28 bits per heavy atom. The quantitative estimate of drug-likeness (QED) is 0.262. The molecule has 4 rings (SSSR count). The largest absolute Gasteiger partial charge is 0.496 e. The number of ether oxygens (including phenoxy) is 1. The van der Waals surface area contributed by atoms with Crippen LogP contribution in [0.25, 0.3) is 10.2 Å². The van der Waals surface area contributed by atoms with Crippen LogP contribution in [0.15, 0.2) is 28.2 Å². The third-order valence-corrected chi connectivity index (χ3v) is 8.04. The lowest BCUT2D eigenvalue weighted by atomic mass is 9.97. The van der Waals surface area contributed by atoms with E-state index >= 15 is 0 Å². The van der Waals surface area contributed by atoms with E-state index in [-0.39, 0.29) is 5.56 Å². The van der Waals surface area contributed by atoms with Crippen LogP contribution in [0.1, 0.15) is 45.6 Å². The molecule has 0 aliphatic heterocycles. The van der Waals surface area contributed by atoms with Gasteiger partial charge in [-0.3, -0.25) is 14.2 Å². The SMILES string of the molecule is COc1ccc(C=O)cc1CSc1nc2sc3c(c2c(=O)n1CCCN(C)C)CCCC3. The van der Waals surface area contributed by atoms with Crippen LogP contribution in [0, 0.1) is 0 Å². The van der Waals surface area contributed by atoms with E-state index in [1.807, 2.05) is 30.8 Å². The predicted octanol–water partition coefficient (Wildman–Crippen LogP) is 4.40. The maximum Gasteiger partial charge on any atom is 0.263 e. The number of rotatable bonds is 9. The molecule has 0 spiro atoms. The number of aldehydes is 1. The smallest absolute Gasteiger partial charge is 0.263 e. The number of thiophene rings is 1. The summed E-state index contributed by atoms with van der Waals surface area (Å²) in [7, 11) is 5.71. The van der Waals surface area contributed by atoms with Gasteiger partial charge in [-0.1, -0.05) is 11.8 Å². The molecule has 0 radical (unpaired) electrons. The van der Waals surface area contributed by atoms with Crippen LogP contribution < -0.4 is 10.3 Å². The molecule has 0 N–H and O–H groups in total. The fourth-order valence-corrected chi connectivity index (χ4v) is 6.50. The van der Waals surface area contributed by atoms with Crippen LogP contribution in [-0.2, 0) is 25.1 Å². The topological polar surface area (TPSA) is 64.4 Å². The van der Waals surface area contributed by atoms with Gasteiger partial charge in [0.25, 0.3) is 5.56 Å². The second kappa shape index (κ2) is 10.2. The third kappa shape index (κ3) is 4.77. The van der Waals surface area contributed by atoms with E-state index in [0.29, 0.717) is 17.9 Å². The summed E-state index contributed by atoms with van der Waals surface area (Å²) in [5.41, 5.74) is 2.84. The number of methoxy groups -OCH3 is 1. The Morgan fingerprint density at radius 3 is 2.84 bits per heavy atom. The fourth-order valence-electron chi connectivity index (χ4n) is 4.20. The highest BCUT2D eigenvalue weighted by Gasteiger charge is 2.22. The van der Waals surface area contributed by atoms with E-state index in [2.05, 4.69) is 4.90 Å². The monoisotopic (exact) mass is 471 g/mol. The molecule has 1 aliphatic carbocycles. The first-order valence-corrected chi connectivity index (χ1v) is 12.8. The highest BCUT2D eigenvalue weighted by molar-refractivity contribution is 7.98. The minimum Gasteiger partial charge on any atom is -0.496 e. The molecule has 8 heteroatoms. The van der Waals surface area contributed by atoms with Crippen molar-refractivity contribution < 1.29 is 9.53 Å². The van der Waals surface area contributed by atoms with E-state index in [1.165, 1.54) is 28.6 Å². The van der Waals surface area contributed by atoms with Crippen molar-refractivity contribution in [1.29, 1.82) is 0 Å². The third-order valence-electron chi connectivity index (χ3n) is 5.82. The lowest BCUT2D eigenvalue weighted by Gasteiger charge is -2.15. The molecule has 2 heterocycles. The summed E-state index contributed by atoms with van der Waals surface area (Å²) in [6, 6.07) is 5.40. The minimum absolute atomic E-state index is 0.0873. The van der Waals surface area contributed by atoms with Gasteiger partial charge in [0.2, 0.25) is 0 Å². The van der Waals surface area contributed by atoms with Crippen LogP contribution in [0.2, 0.25) is 0 Å². The summed E-state index contributed by atoms with van der Waals surface area (Å²) in [5, 5.41) is 1.57. The normalized spacial score (nSPS) is 13.5. The molecular formula is C24H29N3O3S2. The average Bonchev–Trinajstić information content (AvgIpc) is 3.17. The lowest BCUT2D eigenvalue weighted by Crippen LogP contribution is -2.25. The molecule has 0 saturated heterocycles. The number of benzene rings is 1. The first-order chi connectivity index (χ1) is 15.5. The number of thioether (sulfide) groups is 1. The molecular weight excluding hydrogens is 442 g/mol. The zero-order chi connectivity index (χ0) is 22.7. The minimum atomic E-state index is 0.0873. The van der Waals surface area contributed by atoms with Gasteiger partial charge in [-0.25, -0.2) is 4.98 Å². The summed E-state index contributed by atoms with van der Waals surface area (Å²) in [4.78, 5) is 34.2. The van der Waals surface area contributed by atoms with Crippen molar-refractivity contribution >= 4 is 39.6 Å². The van der Waals surface area contributed by atoms with Gasteiger partial charge < -0.3 is 9.64 Å². The van der Waals surface area contributed by atoms with E-state index in [1.54, 1.807) is 24.5 Å². The molecule has 170 valence electrons. The highest BCUT2D eigenvalue weighted by Crippen LogP contribution is 2.35. The Labute approximate surface area is 196 Å². The molecule has 3 aromatic rings. The summed E-state index contributed by atoms with van der Waals surface area (Å²) < 4.78 is 7.34. The molecule has 0 bridgehead atoms. The Balaban J connectivity index is 1.72.